The Morgan fingerprint density at radius 3 is 2.42 bits per heavy atom. The Labute approximate surface area is 139 Å². The number of anilines is 1. The van der Waals surface area contributed by atoms with E-state index in [2.05, 4.69) is 5.32 Å². The number of aromatic carboxylic acids is 1. The number of rotatable bonds is 7. The largest absolute Gasteiger partial charge is 0.493 e. The van der Waals surface area contributed by atoms with E-state index in [9.17, 15) is 9.59 Å². The summed E-state index contributed by atoms with van der Waals surface area (Å²) in [4.78, 5) is 23.3. The molecule has 2 N–H and O–H groups in total. The Balaban J connectivity index is 2.13. The van der Waals surface area contributed by atoms with Gasteiger partial charge in [-0.1, -0.05) is 12.1 Å². The number of ketones is 1. The van der Waals surface area contributed by atoms with Gasteiger partial charge in [0.25, 0.3) is 0 Å². The van der Waals surface area contributed by atoms with E-state index in [0.717, 1.165) is 0 Å². The Hall–Kier alpha value is -3.28. The summed E-state index contributed by atoms with van der Waals surface area (Å²) in [5.41, 5.74) is 0.958. The molecule has 0 spiro atoms. The second-order valence-electron chi connectivity index (χ2n) is 4.76. The number of hydrogen-bond donors (Lipinski definition) is 2. The van der Waals surface area contributed by atoms with Gasteiger partial charge in [0.1, 0.15) is 0 Å². The maximum absolute atomic E-state index is 12.2. The highest BCUT2D eigenvalue weighted by atomic mass is 16.5. The van der Waals surface area contributed by atoms with E-state index in [1.54, 1.807) is 36.4 Å². The fourth-order valence-electron chi connectivity index (χ4n) is 2.09. The SMILES string of the molecule is COc1ccc(C(=O)/C=C/Nc2ccccc2C(=O)O)cc1OC. The summed E-state index contributed by atoms with van der Waals surface area (Å²) in [6.45, 7) is 0. The molecule has 0 aliphatic rings. The predicted octanol–water partition coefficient (Wildman–Crippen LogP) is 3.21. The molecule has 0 heterocycles. The summed E-state index contributed by atoms with van der Waals surface area (Å²) in [7, 11) is 3.01. The molecule has 2 aromatic rings. The molecule has 0 amide bonds. The van der Waals surface area contributed by atoms with Crippen molar-refractivity contribution in [2.45, 2.75) is 0 Å². The van der Waals surface area contributed by atoms with Crippen molar-refractivity contribution in [2.24, 2.45) is 0 Å². The third-order valence-electron chi connectivity index (χ3n) is 3.30. The van der Waals surface area contributed by atoms with Gasteiger partial charge in [0.15, 0.2) is 17.3 Å². The standard InChI is InChI=1S/C18H17NO5/c1-23-16-8-7-12(11-17(16)24-2)15(20)9-10-19-14-6-4-3-5-13(14)18(21)22/h3-11,19H,1-2H3,(H,21,22)/b10-9+. The lowest BCUT2D eigenvalue weighted by Gasteiger charge is -2.08. The summed E-state index contributed by atoms with van der Waals surface area (Å²) < 4.78 is 10.3. The van der Waals surface area contributed by atoms with Crippen molar-refractivity contribution in [3.63, 3.8) is 0 Å². The van der Waals surface area contributed by atoms with Gasteiger partial charge in [-0.3, -0.25) is 4.79 Å². The molecule has 2 rings (SSSR count). The average Bonchev–Trinajstić information content (AvgIpc) is 2.61. The van der Waals surface area contributed by atoms with Crippen LogP contribution in [0.15, 0.2) is 54.7 Å². The van der Waals surface area contributed by atoms with Crippen LogP contribution in [0.1, 0.15) is 20.7 Å². The number of ether oxygens (including phenoxy) is 2. The van der Waals surface area contributed by atoms with Gasteiger partial charge in [-0.25, -0.2) is 4.79 Å². The molecule has 0 radical (unpaired) electrons. The fourth-order valence-corrected chi connectivity index (χ4v) is 2.09. The number of carboxylic acids is 1. The number of carbonyl (C=O) groups is 2. The van der Waals surface area contributed by atoms with Crippen LogP contribution in [0.5, 0.6) is 11.5 Å². The smallest absolute Gasteiger partial charge is 0.337 e. The second-order valence-corrected chi connectivity index (χ2v) is 4.76. The fraction of sp³-hybridized carbons (Fsp3) is 0.111. The number of carboxylic acid groups (broad SMARTS) is 1. The van der Waals surface area contributed by atoms with Crippen LogP contribution in [0.25, 0.3) is 0 Å². The van der Waals surface area contributed by atoms with E-state index < -0.39 is 5.97 Å². The monoisotopic (exact) mass is 327 g/mol. The first-order chi connectivity index (χ1) is 11.6. The van der Waals surface area contributed by atoms with Gasteiger partial charge in [-0.2, -0.15) is 0 Å². The molecule has 0 aliphatic heterocycles. The third kappa shape index (κ3) is 3.92. The van der Waals surface area contributed by atoms with Crippen molar-refractivity contribution in [2.75, 3.05) is 19.5 Å². The normalized spacial score (nSPS) is 10.4. The second kappa shape index (κ2) is 7.82. The molecular formula is C18H17NO5. The molecule has 0 fully saturated rings. The number of nitrogens with one attached hydrogen (secondary N) is 1. The lowest BCUT2D eigenvalue weighted by atomic mass is 10.1. The van der Waals surface area contributed by atoms with E-state index in [0.29, 0.717) is 22.7 Å². The summed E-state index contributed by atoms with van der Waals surface area (Å²) >= 11 is 0. The lowest BCUT2D eigenvalue weighted by molar-refractivity contribution is 0.0698. The molecule has 0 aliphatic carbocycles. The molecule has 0 saturated carbocycles. The topological polar surface area (TPSA) is 84.9 Å². The quantitative estimate of drug-likeness (QED) is 0.600. The number of benzene rings is 2. The molecular weight excluding hydrogens is 310 g/mol. The molecule has 0 unspecified atom stereocenters. The lowest BCUT2D eigenvalue weighted by Crippen LogP contribution is -2.02. The summed E-state index contributed by atoms with van der Waals surface area (Å²) in [5.74, 6) is -0.304. The number of methoxy groups -OCH3 is 2. The van der Waals surface area contributed by atoms with E-state index in [1.165, 1.54) is 32.6 Å². The van der Waals surface area contributed by atoms with Gasteiger partial charge >= 0.3 is 5.97 Å². The van der Waals surface area contributed by atoms with E-state index in [-0.39, 0.29) is 11.3 Å². The van der Waals surface area contributed by atoms with Gasteiger partial charge in [0.2, 0.25) is 0 Å². The summed E-state index contributed by atoms with van der Waals surface area (Å²) in [6, 6.07) is 11.3. The number of hydrogen-bond acceptors (Lipinski definition) is 5. The van der Waals surface area contributed by atoms with Gasteiger partial charge in [-0.05, 0) is 30.3 Å². The minimum absolute atomic E-state index is 0.126. The number of carbonyl (C=O) groups excluding carboxylic acids is 1. The van der Waals surface area contributed by atoms with Crippen LogP contribution in [0, 0.1) is 0 Å². The van der Waals surface area contributed by atoms with Crippen molar-refractivity contribution in [1.82, 2.24) is 0 Å². The third-order valence-corrected chi connectivity index (χ3v) is 3.30. The Bertz CT molecular complexity index is 783. The van der Waals surface area contributed by atoms with Gasteiger partial charge in [0, 0.05) is 17.8 Å². The van der Waals surface area contributed by atoms with E-state index in [1.807, 2.05) is 0 Å². The molecule has 0 aromatic heterocycles. The first-order valence-corrected chi connectivity index (χ1v) is 7.08. The molecule has 2 aromatic carbocycles. The highest BCUT2D eigenvalue weighted by molar-refractivity contribution is 6.05. The maximum atomic E-state index is 12.2. The van der Waals surface area contributed by atoms with Crippen molar-refractivity contribution < 1.29 is 24.2 Å². The van der Waals surface area contributed by atoms with Crippen LogP contribution in [0.2, 0.25) is 0 Å². The van der Waals surface area contributed by atoms with Gasteiger partial charge < -0.3 is 19.9 Å². The molecule has 0 saturated heterocycles. The van der Waals surface area contributed by atoms with Gasteiger partial charge in [-0.15, -0.1) is 0 Å². The zero-order chi connectivity index (χ0) is 17.5. The average molecular weight is 327 g/mol. The van der Waals surface area contributed by atoms with Gasteiger partial charge in [0.05, 0.1) is 25.5 Å². The predicted molar refractivity (Wildman–Crippen MR) is 90.0 cm³/mol. The van der Waals surface area contributed by atoms with Crippen LogP contribution in [-0.4, -0.2) is 31.1 Å². The first kappa shape index (κ1) is 17.1. The highest BCUT2D eigenvalue weighted by Gasteiger charge is 2.09. The van der Waals surface area contributed by atoms with Crippen LogP contribution in [-0.2, 0) is 0 Å². The molecule has 24 heavy (non-hydrogen) atoms. The van der Waals surface area contributed by atoms with Crippen LogP contribution in [0.4, 0.5) is 5.69 Å². The van der Waals surface area contributed by atoms with Crippen molar-refractivity contribution in [3.8, 4) is 11.5 Å². The van der Waals surface area contributed by atoms with Crippen molar-refractivity contribution in [3.05, 3.63) is 65.9 Å². The molecule has 0 bridgehead atoms. The minimum atomic E-state index is -1.04. The summed E-state index contributed by atoms with van der Waals surface area (Å²) in [5, 5.41) is 11.9. The van der Waals surface area contributed by atoms with Crippen LogP contribution < -0.4 is 14.8 Å². The van der Waals surface area contributed by atoms with Crippen LogP contribution in [0.3, 0.4) is 0 Å². The number of para-hydroxylation sites is 1. The summed E-state index contributed by atoms with van der Waals surface area (Å²) in [6.07, 6.45) is 2.72. The van der Waals surface area contributed by atoms with Crippen LogP contribution >= 0.6 is 0 Å². The molecule has 6 heteroatoms. The van der Waals surface area contributed by atoms with E-state index >= 15 is 0 Å². The zero-order valence-electron chi connectivity index (χ0n) is 13.3. The molecule has 6 nitrogen and oxygen atoms in total. The Kier molecular flexibility index (Phi) is 5.57. The minimum Gasteiger partial charge on any atom is -0.493 e. The van der Waals surface area contributed by atoms with Crippen molar-refractivity contribution >= 4 is 17.4 Å². The zero-order valence-corrected chi connectivity index (χ0v) is 13.3. The molecule has 124 valence electrons. The van der Waals surface area contributed by atoms with Crippen molar-refractivity contribution in [1.29, 1.82) is 0 Å². The first-order valence-electron chi connectivity index (χ1n) is 7.08. The highest BCUT2D eigenvalue weighted by Crippen LogP contribution is 2.27. The molecule has 0 atom stereocenters. The number of allylic oxidation sites excluding steroid dienone is 1. The maximum Gasteiger partial charge on any atom is 0.337 e. The van der Waals surface area contributed by atoms with E-state index in [4.69, 9.17) is 14.6 Å². The Morgan fingerprint density at radius 2 is 1.75 bits per heavy atom. The Morgan fingerprint density at radius 1 is 1.04 bits per heavy atom.